The predicted molar refractivity (Wildman–Crippen MR) is 66.0 cm³/mol. The molecule has 2 rings (SSSR count). The van der Waals surface area contributed by atoms with E-state index in [4.69, 9.17) is 9.84 Å². The molecule has 0 aromatic heterocycles. The average Bonchev–Trinajstić information content (AvgIpc) is 2.65. The van der Waals surface area contributed by atoms with E-state index in [9.17, 15) is 9.59 Å². The van der Waals surface area contributed by atoms with E-state index in [0.29, 0.717) is 19.8 Å². The highest BCUT2D eigenvalue weighted by atomic mass is 16.5. The van der Waals surface area contributed by atoms with E-state index >= 15 is 0 Å². The van der Waals surface area contributed by atoms with Crippen molar-refractivity contribution >= 4 is 17.6 Å². The van der Waals surface area contributed by atoms with Gasteiger partial charge in [-0.05, 0) is 30.7 Å². The van der Waals surface area contributed by atoms with Gasteiger partial charge in [0, 0.05) is 18.8 Å². The summed E-state index contributed by atoms with van der Waals surface area (Å²) >= 11 is 0. The number of carboxylic acid groups (broad SMARTS) is 1. The molecule has 0 atom stereocenters. The molecule has 0 unspecified atom stereocenters. The molecule has 1 amide bonds. The molecule has 5 nitrogen and oxygen atoms in total. The Labute approximate surface area is 105 Å². The number of aromatic carboxylic acids is 1. The van der Waals surface area contributed by atoms with Crippen molar-refractivity contribution in [3.63, 3.8) is 0 Å². The summed E-state index contributed by atoms with van der Waals surface area (Å²) in [6, 6.07) is 4.78. The first-order valence-corrected chi connectivity index (χ1v) is 5.87. The lowest BCUT2D eigenvalue weighted by atomic mass is 10.1. The van der Waals surface area contributed by atoms with Crippen molar-refractivity contribution in [2.24, 2.45) is 0 Å². The highest BCUT2D eigenvalue weighted by Crippen LogP contribution is 2.29. The molecule has 0 saturated heterocycles. The third-order valence-electron chi connectivity index (χ3n) is 2.92. The Balaban J connectivity index is 2.18. The van der Waals surface area contributed by atoms with E-state index in [1.165, 1.54) is 6.07 Å². The normalized spacial score (nSPS) is 13.8. The van der Waals surface area contributed by atoms with Gasteiger partial charge in [0.15, 0.2) is 0 Å². The fourth-order valence-corrected chi connectivity index (χ4v) is 2.06. The number of nitrogens with zero attached hydrogens (tertiary/aromatic N) is 1. The minimum Gasteiger partial charge on any atom is -0.478 e. The minimum absolute atomic E-state index is 0.00718. The van der Waals surface area contributed by atoms with Gasteiger partial charge in [0.05, 0.1) is 18.6 Å². The van der Waals surface area contributed by atoms with E-state index < -0.39 is 5.97 Å². The maximum absolute atomic E-state index is 11.8. The molecule has 0 bridgehead atoms. The van der Waals surface area contributed by atoms with E-state index in [0.717, 1.165) is 11.3 Å². The van der Waals surface area contributed by atoms with Gasteiger partial charge < -0.3 is 14.7 Å². The first-order chi connectivity index (χ1) is 8.63. The number of ether oxygens (including phenoxy) is 1. The van der Waals surface area contributed by atoms with E-state index in [1.54, 1.807) is 17.0 Å². The van der Waals surface area contributed by atoms with Crippen LogP contribution < -0.4 is 4.90 Å². The topological polar surface area (TPSA) is 66.8 Å². The second kappa shape index (κ2) is 5.18. The number of fused-ring (bicyclic) bond motifs is 1. The fraction of sp³-hybridized carbons (Fsp3) is 0.385. The molecule has 1 aliphatic heterocycles. The van der Waals surface area contributed by atoms with Crippen LogP contribution in [0, 0.1) is 0 Å². The lowest BCUT2D eigenvalue weighted by molar-refractivity contribution is -0.117. The van der Waals surface area contributed by atoms with E-state index in [2.05, 4.69) is 0 Å². The Bertz CT molecular complexity index is 484. The number of carbonyl (C=O) groups is 2. The third kappa shape index (κ3) is 2.36. The van der Waals surface area contributed by atoms with Crippen molar-refractivity contribution in [2.45, 2.75) is 13.3 Å². The summed E-state index contributed by atoms with van der Waals surface area (Å²) in [5.74, 6) is -0.981. The molecule has 0 aliphatic carbocycles. The van der Waals surface area contributed by atoms with Crippen molar-refractivity contribution in [1.29, 1.82) is 0 Å². The SMILES string of the molecule is CCOCCN1C(=O)Cc2cc(C(=O)O)ccc21. The van der Waals surface area contributed by atoms with Gasteiger partial charge in [-0.25, -0.2) is 4.79 Å². The Morgan fingerprint density at radius 3 is 2.94 bits per heavy atom. The first-order valence-electron chi connectivity index (χ1n) is 5.87. The van der Waals surface area contributed by atoms with E-state index in [-0.39, 0.29) is 17.9 Å². The quantitative estimate of drug-likeness (QED) is 0.799. The summed E-state index contributed by atoms with van der Waals surface area (Å²) in [6.07, 6.45) is 0.266. The Hall–Kier alpha value is -1.88. The highest BCUT2D eigenvalue weighted by molar-refractivity contribution is 6.02. The van der Waals surface area contributed by atoms with Crippen molar-refractivity contribution < 1.29 is 19.4 Å². The molecule has 0 fully saturated rings. The molecule has 0 radical (unpaired) electrons. The predicted octanol–water partition coefficient (Wildman–Crippen LogP) is 1.31. The van der Waals surface area contributed by atoms with Crippen molar-refractivity contribution in [1.82, 2.24) is 0 Å². The van der Waals surface area contributed by atoms with Crippen LogP contribution in [0.15, 0.2) is 18.2 Å². The zero-order chi connectivity index (χ0) is 13.1. The maximum atomic E-state index is 11.8. The lowest BCUT2D eigenvalue weighted by Crippen LogP contribution is -2.30. The largest absolute Gasteiger partial charge is 0.478 e. The fourth-order valence-electron chi connectivity index (χ4n) is 2.06. The van der Waals surface area contributed by atoms with Crippen molar-refractivity contribution in [3.05, 3.63) is 29.3 Å². The molecule has 0 spiro atoms. The number of carbonyl (C=O) groups excluding carboxylic acids is 1. The number of benzene rings is 1. The second-order valence-electron chi connectivity index (χ2n) is 4.07. The van der Waals surface area contributed by atoms with Crippen LogP contribution in [0.5, 0.6) is 0 Å². The number of amides is 1. The van der Waals surface area contributed by atoms with Crippen molar-refractivity contribution in [2.75, 3.05) is 24.7 Å². The molecule has 1 heterocycles. The molecule has 0 saturated carbocycles. The summed E-state index contributed by atoms with van der Waals surface area (Å²) < 4.78 is 5.23. The minimum atomic E-state index is -0.974. The van der Waals surface area contributed by atoms with Gasteiger partial charge in [0.1, 0.15) is 0 Å². The van der Waals surface area contributed by atoms with Gasteiger partial charge in [-0.3, -0.25) is 4.79 Å². The third-order valence-corrected chi connectivity index (χ3v) is 2.92. The number of rotatable bonds is 5. The van der Waals surface area contributed by atoms with E-state index in [1.807, 2.05) is 6.92 Å². The number of carboxylic acids is 1. The van der Waals surface area contributed by atoms with Crippen LogP contribution in [0.4, 0.5) is 5.69 Å². The van der Waals surface area contributed by atoms with Crippen LogP contribution in [-0.2, 0) is 16.0 Å². The zero-order valence-corrected chi connectivity index (χ0v) is 10.2. The maximum Gasteiger partial charge on any atom is 0.335 e. The highest BCUT2D eigenvalue weighted by Gasteiger charge is 2.27. The standard InChI is InChI=1S/C13H15NO4/c1-2-18-6-5-14-11-4-3-9(13(16)17)7-10(11)8-12(14)15/h3-4,7H,2,5-6,8H2,1H3,(H,16,17). The Morgan fingerprint density at radius 1 is 1.50 bits per heavy atom. The van der Waals surface area contributed by atoms with Crippen molar-refractivity contribution in [3.8, 4) is 0 Å². The summed E-state index contributed by atoms with van der Waals surface area (Å²) in [7, 11) is 0. The van der Waals surface area contributed by atoms with Crippen LogP contribution in [-0.4, -0.2) is 36.7 Å². The number of hydrogen-bond acceptors (Lipinski definition) is 3. The summed E-state index contributed by atoms with van der Waals surface area (Å²) in [5.41, 5.74) is 1.79. The average molecular weight is 249 g/mol. The number of anilines is 1. The molecule has 96 valence electrons. The van der Waals surface area contributed by atoms with Crippen LogP contribution in [0.3, 0.4) is 0 Å². The summed E-state index contributed by atoms with van der Waals surface area (Å²) in [5, 5.41) is 8.90. The molecule has 18 heavy (non-hydrogen) atoms. The smallest absolute Gasteiger partial charge is 0.335 e. The van der Waals surface area contributed by atoms with Gasteiger partial charge in [-0.1, -0.05) is 0 Å². The zero-order valence-electron chi connectivity index (χ0n) is 10.2. The van der Waals surface area contributed by atoms with Gasteiger partial charge in [-0.15, -0.1) is 0 Å². The van der Waals surface area contributed by atoms with Crippen LogP contribution in [0.2, 0.25) is 0 Å². The van der Waals surface area contributed by atoms with Crippen LogP contribution in [0.25, 0.3) is 0 Å². The monoisotopic (exact) mass is 249 g/mol. The van der Waals surface area contributed by atoms with Crippen LogP contribution >= 0.6 is 0 Å². The van der Waals surface area contributed by atoms with Gasteiger partial charge in [0.25, 0.3) is 0 Å². The molecular weight excluding hydrogens is 234 g/mol. The number of hydrogen-bond donors (Lipinski definition) is 1. The molecule has 1 aromatic rings. The molecular formula is C13H15NO4. The van der Waals surface area contributed by atoms with Crippen LogP contribution in [0.1, 0.15) is 22.8 Å². The Kier molecular flexibility index (Phi) is 3.62. The molecule has 1 N–H and O–H groups in total. The Morgan fingerprint density at radius 2 is 2.28 bits per heavy atom. The molecule has 5 heteroatoms. The van der Waals surface area contributed by atoms with Gasteiger partial charge in [-0.2, -0.15) is 0 Å². The molecule has 1 aromatic carbocycles. The second-order valence-corrected chi connectivity index (χ2v) is 4.07. The summed E-state index contributed by atoms with van der Waals surface area (Å²) in [4.78, 5) is 24.3. The summed E-state index contributed by atoms with van der Waals surface area (Å²) in [6.45, 7) is 3.51. The first kappa shape index (κ1) is 12.6. The molecule has 1 aliphatic rings. The van der Waals surface area contributed by atoms with Gasteiger partial charge in [0.2, 0.25) is 5.91 Å². The lowest BCUT2D eigenvalue weighted by Gasteiger charge is -2.17. The van der Waals surface area contributed by atoms with Gasteiger partial charge >= 0.3 is 5.97 Å².